The number of piperidine rings is 1. The number of amides is 2. The van der Waals surface area contributed by atoms with Gasteiger partial charge in [0.25, 0.3) is 0 Å². The Bertz CT molecular complexity index is 1710. The van der Waals surface area contributed by atoms with Crippen LogP contribution in [0.2, 0.25) is 0 Å². The molecule has 3 aromatic carbocycles. The van der Waals surface area contributed by atoms with Gasteiger partial charge in [-0.2, -0.15) is 5.10 Å². The summed E-state index contributed by atoms with van der Waals surface area (Å²) in [5, 5.41) is 4.93. The second-order valence-electron chi connectivity index (χ2n) is 12.0. The van der Waals surface area contributed by atoms with Crippen molar-refractivity contribution in [2.75, 3.05) is 44.5 Å². The maximum atomic E-state index is 14.2. The van der Waals surface area contributed by atoms with Crippen LogP contribution in [-0.2, 0) is 9.59 Å². The minimum Gasteiger partial charge on any atom is -0.497 e. The van der Waals surface area contributed by atoms with Crippen LogP contribution in [0.4, 0.5) is 5.82 Å². The Hall–Kier alpha value is -4.24. The minimum atomic E-state index is -0.334. The van der Waals surface area contributed by atoms with Crippen molar-refractivity contribution in [3.63, 3.8) is 0 Å². The maximum absolute atomic E-state index is 14.2. The molecule has 8 nitrogen and oxygen atoms in total. The van der Waals surface area contributed by atoms with E-state index in [0.29, 0.717) is 36.3 Å². The van der Waals surface area contributed by atoms with E-state index in [2.05, 4.69) is 32.9 Å². The number of fused-ring (bicyclic) bond motifs is 1. The van der Waals surface area contributed by atoms with Gasteiger partial charge in [0.2, 0.25) is 11.8 Å². The minimum absolute atomic E-state index is 0.0433. The van der Waals surface area contributed by atoms with Gasteiger partial charge in [0.1, 0.15) is 23.9 Å². The van der Waals surface area contributed by atoms with Crippen LogP contribution in [0.25, 0.3) is 16.9 Å². The predicted molar refractivity (Wildman–Crippen MR) is 180 cm³/mol. The molecule has 45 heavy (non-hydrogen) atoms. The molecule has 0 spiro atoms. The average Bonchev–Trinajstić information content (AvgIpc) is 3.37. The van der Waals surface area contributed by atoms with E-state index in [1.54, 1.807) is 19.1 Å². The number of methoxy groups -OCH3 is 2. The Kier molecular flexibility index (Phi) is 8.90. The number of carbonyl (C=O) groups excluding carboxylic acids is 2. The average molecular weight is 625 g/mol. The molecule has 6 rings (SSSR count). The molecule has 4 aromatic rings. The molecular weight excluding hydrogens is 584 g/mol. The summed E-state index contributed by atoms with van der Waals surface area (Å²) in [7, 11) is 3.30. The number of hydrogen-bond donors (Lipinski definition) is 0. The molecule has 0 unspecified atom stereocenters. The van der Waals surface area contributed by atoms with E-state index in [9.17, 15) is 9.59 Å². The topological polar surface area (TPSA) is 76.9 Å². The van der Waals surface area contributed by atoms with Crippen molar-refractivity contribution in [2.45, 2.75) is 38.9 Å². The highest BCUT2D eigenvalue weighted by molar-refractivity contribution is 8.00. The Labute approximate surface area is 269 Å². The van der Waals surface area contributed by atoms with Gasteiger partial charge in [0.05, 0.1) is 36.6 Å². The number of rotatable bonds is 7. The largest absolute Gasteiger partial charge is 0.497 e. The fourth-order valence-corrected chi connectivity index (χ4v) is 7.54. The van der Waals surface area contributed by atoms with Gasteiger partial charge >= 0.3 is 0 Å². The first-order valence-electron chi connectivity index (χ1n) is 15.5. The number of nitrogens with zero attached hydrogens (tertiary/aromatic N) is 4. The van der Waals surface area contributed by atoms with Crippen molar-refractivity contribution in [2.24, 2.45) is 5.92 Å². The Morgan fingerprint density at radius 2 is 1.73 bits per heavy atom. The molecular formula is C36H40N4O4S. The van der Waals surface area contributed by atoms with Crippen LogP contribution in [0.1, 0.15) is 47.3 Å². The highest BCUT2D eigenvalue weighted by Crippen LogP contribution is 2.51. The van der Waals surface area contributed by atoms with Gasteiger partial charge < -0.3 is 14.4 Å². The summed E-state index contributed by atoms with van der Waals surface area (Å²) in [6, 6.07) is 22.0. The van der Waals surface area contributed by atoms with E-state index >= 15 is 0 Å². The molecule has 1 aromatic heterocycles. The van der Waals surface area contributed by atoms with E-state index in [4.69, 9.17) is 14.6 Å². The number of hydrogen-bond acceptors (Lipinski definition) is 6. The predicted octanol–water partition coefficient (Wildman–Crippen LogP) is 6.60. The number of aryl methyl sites for hydroxylation is 2. The van der Waals surface area contributed by atoms with Crippen LogP contribution in [-0.4, -0.2) is 66.1 Å². The lowest BCUT2D eigenvalue weighted by Gasteiger charge is -2.32. The number of aromatic nitrogens is 2. The highest BCUT2D eigenvalue weighted by Gasteiger charge is 2.39. The number of benzene rings is 3. The zero-order chi connectivity index (χ0) is 31.7. The summed E-state index contributed by atoms with van der Waals surface area (Å²) in [6.07, 6.45) is 1.94. The molecule has 0 aliphatic carbocycles. The molecule has 9 heteroatoms. The van der Waals surface area contributed by atoms with Crippen LogP contribution >= 0.6 is 11.8 Å². The Balaban J connectivity index is 1.61. The molecule has 0 N–H and O–H groups in total. The van der Waals surface area contributed by atoms with Crippen molar-refractivity contribution in [1.82, 2.24) is 14.7 Å². The van der Waals surface area contributed by atoms with E-state index < -0.39 is 0 Å². The first-order valence-corrected chi connectivity index (χ1v) is 16.5. The van der Waals surface area contributed by atoms with E-state index in [1.807, 2.05) is 64.2 Å². The molecule has 0 bridgehead atoms. The number of anilines is 1. The smallest absolute Gasteiger partial charge is 0.242 e. The summed E-state index contributed by atoms with van der Waals surface area (Å²) in [6.45, 7) is 7.71. The third-order valence-corrected chi connectivity index (χ3v) is 10.1. The molecule has 2 amide bonds. The second-order valence-corrected chi connectivity index (χ2v) is 13.1. The first-order chi connectivity index (χ1) is 21.8. The SMILES string of the molecule is COc1ccc(OC)c([C@@H]2SCC(=O)N(CC(=O)N3CCC(C)CC3)c3c2c(-c2ccccc2)nn3-c2ccc(C)cc2C)c1. The van der Waals surface area contributed by atoms with Crippen LogP contribution in [0.5, 0.6) is 11.5 Å². The van der Waals surface area contributed by atoms with Gasteiger partial charge in [-0.3, -0.25) is 14.5 Å². The van der Waals surface area contributed by atoms with Gasteiger partial charge in [-0.25, -0.2) is 4.68 Å². The molecule has 1 atom stereocenters. The molecule has 3 heterocycles. The highest BCUT2D eigenvalue weighted by atomic mass is 32.2. The third-order valence-electron chi connectivity index (χ3n) is 8.87. The number of carbonyl (C=O) groups is 2. The molecule has 2 aliphatic heterocycles. The monoisotopic (exact) mass is 624 g/mol. The van der Waals surface area contributed by atoms with E-state index in [-0.39, 0.29) is 29.4 Å². The van der Waals surface area contributed by atoms with Gasteiger partial charge in [0, 0.05) is 29.8 Å². The van der Waals surface area contributed by atoms with Gasteiger partial charge in [-0.05, 0) is 62.4 Å². The summed E-state index contributed by atoms with van der Waals surface area (Å²) in [5.74, 6) is 2.60. The zero-order valence-corrected chi connectivity index (χ0v) is 27.4. The molecule has 234 valence electrons. The molecule has 0 saturated carbocycles. The van der Waals surface area contributed by atoms with Crippen molar-refractivity contribution in [1.29, 1.82) is 0 Å². The fourth-order valence-electron chi connectivity index (χ4n) is 6.32. The summed E-state index contributed by atoms with van der Waals surface area (Å²) in [4.78, 5) is 31.7. The lowest BCUT2D eigenvalue weighted by atomic mass is 9.98. The Morgan fingerprint density at radius 1 is 0.978 bits per heavy atom. The molecule has 1 saturated heterocycles. The quantitative estimate of drug-likeness (QED) is 0.231. The second kappa shape index (κ2) is 13.0. The fraction of sp³-hybridized carbons (Fsp3) is 0.361. The van der Waals surface area contributed by atoms with Crippen molar-refractivity contribution >= 4 is 29.4 Å². The van der Waals surface area contributed by atoms with Crippen molar-refractivity contribution < 1.29 is 19.1 Å². The van der Waals surface area contributed by atoms with Gasteiger partial charge in [0.15, 0.2) is 0 Å². The maximum Gasteiger partial charge on any atom is 0.242 e. The molecule has 1 fully saturated rings. The third kappa shape index (κ3) is 6.06. The Morgan fingerprint density at radius 3 is 2.42 bits per heavy atom. The molecule has 2 aliphatic rings. The lowest BCUT2D eigenvalue weighted by molar-refractivity contribution is -0.132. The lowest BCUT2D eigenvalue weighted by Crippen LogP contribution is -2.46. The van der Waals surface area contributed by atoms with Crippen LogP contribution in [0.3, 0.4) is 0 Å². The van der Waals surface area contributed by atoms with Gasteiger partial charge in [-0.1, -0.05) is 55.0 Å². The van der Waals surface area contributed by atoms with Gasteiger partial charge in [-0.15, -0.1) is 11.8 Å². The van der Waals surface area contributed by atoms with Crippen LogP contribution in [0, 0.1) is 19.8 Å². The van der Waals surface area contributed by atoms with Crippen LogP contribution < -0.4 is 14.4 Å². The van der Waals surface area contributed by atoms with Crippen LogP contribution in [0.15, 0.2) is 66.7 Å². The number of thioether (sulfide) groups is 1. The first kappa shape index (κ1) is 30.8. The summed E-state index contributed by atoms with van der Waals surface area (Å²) >= 11 is 1.52. The van der Waals surface area contributed by atoms with Crippen molar-refractivity contribution in [3.05, 3.63) is 89.0 Å². The molecule has 0 radical (unpaired) electrons. The summed E-state index contributed by atoms with van der Waals surface area (Å²) in [5.41, 5.74) is 6.45. The normalized spacial score (nSPS) is 17.2. The van der Waals surface area contributed by atoms with E-state index in [0.717, 1.165) is 52.0 Å². The number of ether oxygens (including phenoxy) is 2. The number of likely N-dealkylation sites (tertiary alicyclic amines) is 1. The standard InChI is InChI=1S/C36H40N4O4S/c1-23-15-17-38(18-16-23)31(41)21-39-32(42)22-45-35(28-20-27(43-4)12-14-30(28)44-5)33-34(26-9-7-6-8-10-26)37-40(36(33)39)29-13-11-24(2)19-25(29)3/h6-14,19-20,23,35H,15-18,21-22H2,1-5H3/t35-/m0/s1. The summed E-state index contributed by atoms with van der Waals surface area (Å²) < 4.78 is 13.4. The van der Waals surface area contributed by atoms with E-state index in [1.165, 1.54) is 11.8 Å². The van der Waals surface area contributed by atoms with Crippen molar-refractivity contribution in [3.8, 4) is 28.4 Å². The zero-order valence-electron chi connectivity index (χ0n) is 26.6.